The van der Waals surface area contributed by atoms with Crippen LogP contribution in [0.1, 0.15) is 39.1 Å². The van der Waals surface area contributed by atoms with Crippen molar-refractivity contribution in [3.8, 4) is 0 Å². The Labute approximate surface area is 184 Å². The Morgan fingerprint density at radius 2 is 2.00 bits per heavy atom. The summed E-state index contributed by atoms with van der Waals surface area (Å²) in [6.07, 6.45) is 1.48. The Balaban J connectivity index is 2.23. The molecule has 1 aromatic heterocycles. The van der Waals surface area contributed by atoms with Gasteiger partial charge >= 0.3 is 0 Å². The van der Waals surface area contributed by atoms with Crippen LogP contribution in [0.4, 0.5) is 0 Å². The van der Waals surface area contributed by atoms with Crippen LogP contribution in [0.2, 0.25) is 0 Å². The number of thioether (sulfide) groups is 1. The first-order valence-corrected chi connectivity index (χ1v) is 12.6. The van der Waals surface area contributed by atoms with Crippen LogP contribution in [-0.2, 0) is 24.2 Å². The molecule has 3 heterocycles. The van der Waals surface area contributed by atoms with Gasteiger partial charge in [0.2, 0.25) is 0 Å². The van der Waals surface area contributed by atoms with E-state index in [1.54, 1.807) is 34.6 Å². The Kier molecular flexibility index (Phi) is 5.81. The summed E-state index contributed by atoms with van der Waals surface area (Å²) in [5, 5.41) is 7.38. The van der Waals surface area contributed by atoms with E-state index in [-0.39, 0.29) is 17.9 Å². The monoisotopic (exact) mass is 471 g/mol. The summed E-state index contributed by atoms with van der Waals surface area (Å²) in [7, 11) is -2.66. The molecule has 1 saturated heterocycles. The highest BCUT2D eigenvalue weighted by atomic mass is 32.3. The fraction of sp³-hybridized carbons (Fsp3) is 0.579. The Morgan fingerprint density at radius 1 is 1.37 bits per heavy atom. The van der Waals surface area contributed by atoms with Crippen molar-refractivity contribution in [1.29, 1.82) is 0 Å². The van der Waals surface area contributed by atoms with Gasteiger partial charge in [0.25, 0.3) is 5.91 Å². The van der Waals surface area contributed by atoms with E-state index in [4.69, 9.17) is 4.74 Å². The van der Waals surface area contributed by atoms with E-state index < -0.39 is 36.7 Å². The van der Waals surface area contributed by atoms with Crippen LogP contribution in [0.5, 0.6) is 0 Å². The summed E-state index contributed by atoms with van der Waals surface area (Å²) >= 11 is 2.31. The number of allylic oxidation sites excluding steroid dienone is 1. The van der Waals surface area contributed by atoms with Gasteiger partial charge in [-0.25, -0.2) is 8.42 Å². The predicted molar refractivity (Wildman–Crippen MR) is 116 cm³/mol. The summed E-state index contributed by atoms with van der Waals surface area (Å²) in [6, 6.07) is 0. The standard InChI is InChI=1S/C19H25N3O5S3/c1-8-9-19(27-7)15(24)22-12(13(23)18(4,5)6)10(2)14(30(25,26)16(19)22)29-17-21-20-11(3)28-17/h8,14,16H,1,9H2,2-7H3/t14?,16-,19-/m1/s1. The first-order valence-electron chi connectivity index (χ1n) is 9.27. The molecule has 1 unspecified atom stereocenters. The first kappa shape index (κ1) is 23.1. The molecule has 2 aliphatic heterocycles. The van der Waals surface area contributed by atoms with Crippen LogP contribution >= 0.6 is 23.1 Å². The molecule has 11 heteroatoms. The highest BCUT2D eigenvalue weighted by molar-refractivity contribution is 8.14. The molecule has 0 N–H and O–H groups in total. The second kappa shape index (κ2) is 7.54. The van der Waals surface area contributed by atoms with E-state index in [1.807, 2.05) is 0 Å². The van der Waals surface area contributed by atoms with Crippen molar-refractivity contribution < 1.29 is 22.7 Å². The largest absolute Gasteiger partial charge is 0.365 e. The lowest BCUT2D eigenvalue weighted by atomic mass is 9.82. The molecule has 3 atom stereocenters. The molecule has 1 aromatic rings. The minimum atomic E-state index is -3.97. The molecule has 0 saturated carbocycles. The van der Waals surface area contributed by atoms with Crippen LogP contribution in [-0.4, -0.2) is 57.9 Å². The quantitative estimate of drug-likeness (QED) is 0.460. The maximum Gasteiger partial charge on any atom is 0.264 e. The van der Waals surface area contributed by atoms with Gasteiger partial charge in [-0.15, -0.1) is 16.8 Å². The van der Waals surface area contributed by atoms with Crippen LogP contribution in [0.25, 0.3) is 0 Å². The smallest absolute Gasteiger partial charge is 0.264 e. The van der Waals surface area contributed by atoms with Crippen molar-refractivity contribution in [1.82, 2.24) is 15.1 Å². The highest BCUT2D eigenvalue weighted by Crippen LogP contribution is 2.52. The molecule has 0 aromatic carbocycles. The van der Waals surface area contributed by atoms with E-state index >= 15 is 0 Å². The number of ketones is 1. The van der Waals surface area contributed by atoms with Gasteiger partial charge in [-0.3, -0.25) is 14.5 Å². The summed E-state index contributed by atoms with van der Waals surface area (Å²) in [5.41, 5.74) is -1.95. The van der Waals surface area contributed by atoms with Crippen molar-refractivity contribution in [2.24, 2.45) is 5.41 Å². The molecule has 2 aliphatic rings. The molecule has 0 bridgehead atoms. The van der Waals surface area contributed by atoms with Gasteiger partial charge in [-0.1, -0.05) is 49.9 Å². The van der Waals surface area contributed by atoms with Crippen molar-refractivity contribution in [3.05, 3.63) is 28.9 Å². The molecule has 30 heavy (non-hydrogen) atoms. The number of Topliss-reactive ketones (excluding diaryl/α,β-unsaturated/α-hetero) is 1. The summed E-state index contributed by atoms with van der Waals surface area (Å²) in [6.45, 7) is 12.2. The predicted octanol–water partition coefficient (Wildman–Crippen LogP) is 2.71. The zero-order chi connectivity index (χ0) is 22.6. The third-order valence-electron chi connectivity index (χ3n) is 5.22. The topological polar surface area (TPSA) is 107 Å². The third kappa shape index (κ3) is 3.26. The average molecular weight is 472 g/mol. The number of aryl methyl sites for hydroxylation is 1. The Bertz CT molecular complexity index is 1050. The molecular formula is C19H25N3O5S3. The van der Waals surface area contributed by atoms with Crippen LogP contribution in [0.15, 0.2) is 28.3 Å². The molecule has 1 fully saturated rings. The lowest BCUT2D eigenvalue weighted by Crippen LogP contribution is -2.79. The third-order valence-corrected chi connectivity index (χ3v) is 10.5. The normalized spacial score (nSPS) is 28.2. The number of carbonyl (C=O) groups excluding carboxylic acids is 2. The average Bonchev–Trinajstić information content (AvgIpc) is 3.06. The van der Waals surface area contributed by atoms with Gasteiger partial charge in [0.05, 0.1) is 5.70 Å². The number of carbonyl (C=O) groups is 2. The van der Waals surface area contributed by atoms with E-state index in [1.165, 1.54) is 24.5 Å². The minimum Gasteiger partial charge on any atom is -0.365 e. The molecule has 1 amide bonds. The number of methoxy groups -OCH3 is 1. The van der Waals surface area contributed by atoms with Gasteiger partial charge in [-0.2, -0.15) is 0 Å². The number of hydrogen-bond donors (Lipinski definition) is 0. The number of rotatable bonds is 6. The van der Waals surface area contributed by atoms with Crippen molar-refractivity contribution in [3.63, 3.8) is 0 Å². The van der Waals surface area contributed by atoms with Crippen LogP contribution < -0.4 is 0 Å². The molecule has 0 aliphatic carbocycles. The number of fused-ring (bicyclic) bond motifs is 1. The van der Waals surface area contributed by atoms with E-state index in [2.05, 4.69) is 16.8 Å². The highest BCUT2D eigenvalue weighted by Gasteiger charge is 2.71. The molecule has 164 valence electrons. The minimum absolute atomic E-state index is 0.0219. The fourth-order valence-electron chi connectivity index (χ4n) is 3.75. The number of hydrogen-bond acceptors (Lipinski definition) is 9. The van der Waals surface area contributed by atoms with Gasteiger partial charge in [-0.05, 0) is 19.4 Å². The second-order valence-electron chi connectivity index (χ2n) is 8.35. The summed E-state index contributed by atoms with van der Waals surface area (Å²) < 4.78 is 32.3. The molecule has 0 spiro atoms. The van der Waals surface area contributed by atoms with Gasteiger partial charge in [0, 0.05) is 18.9 Å². The number of sulfone groups is 1. The second-order valence-corrected chi connectivity index (χ2v) is 13.3. The van der Waals surface area contributed by atoms with Gasteiger partial charge < -0.3 is 4.74 Å². The number of amides is 1. The summed E-state index contributed by atoms with van der Waals surface area (Å²) in [5.74, 6) is -0.837. The zero-order valence-electron chi connectivity index (χ0n) is 17.8. The summed E-state index contributed by atoms with van der Waals surface area (Å²) in [4.78, 5) is 27.6. The molecule has 0 radical (unpaired) electrons. The Morgan fingerprint density at radius 3 is 2.47 bits per heavy atom. The van der Waals surface area contributed by atoms with E-state index in [0.29, 0.717) is 14.9 Å². The fourth-order valence-corrected chi connectivity index (χ4v) is 9.03. The van der Waals surface area contributed by atoms with Gasteiger partial charge in [0.15, 0.2) is 30.9 Å². The molecule has 8 nitrogen and oxygen atoms in total. The van der Waals surface area contributed by atoms with Crippen molar-refractivity contribution in [2.45, 2.75) is 60.9 Å². The number of β-lactam (4-membered cyclic amide) rings is 1. The number of nitrogens with zero attached hydrogens (tertiary/aromatic N) is 3. The molecular weight excluding hydrogens is 446 g/mol. The van der Waals surface area contributed by atoms with Crippen molar-refractivity contribution in [2.75, 3.05) is 7.11 Å². The van der Waals surface area contributed by atoms with E-state index in [9.17, 15) is 18.0 Å². The number of aromatic nitrogens is 2. The van der Waals surface area contributed by atoms with Crippen LogP contribution in [0, 0.1) is 12.3 Å². The maximum absolute atomic E-state index is 13.7. The van der Waals surface area contributed by atoms with Crippen molar-refractivity contribution >= 4 is 44.6 Å². The lowest BCUT2D eigenvalue weighted by molar-refractivity contribution is -0.183. The zero-order valence-corrected chi connectivity index (χ0v) is 20.2. The van der Waals surface area contributed by atoms with E-state index in [0.717, 1.165) is 16.7 Å². The molecule has 3 rings (SSSR count). The van der Waals surface area contributed by atoms with Gasteiger partial charge in [0.1, 0.15) is 9.59 Å². The Hall–Kier alpha value is -1.56. The first-order chi connectivity index (χ1) is 13.8. The maximum atomic E-state index is 13.7. The van der Waals surface area contributed by atoms with Crippen LogP contribution in [0.3, 0.4) is 0 Å². The number of ether oxygens (including phenoxy) is 1. The SMILES string of the molecule is C=CC[C@@]1(OC)C(=O)N2C(C(=O)C(C)(C)C)=C(C)C(Sc3nnc(C)s3)S(=O)(=O)[C@@H]21. The lowest BCUT2D eigenvalue weighted by Gasteiger charge is -2.57.